The first-order valence-electron chi connectivity index (χ1n) is 8.48. The molecule has 0 fully saturated rings. The van der Waals surface area contributed by atoms with E-state index >= 15 is 0 Å². The number of carbonyl (C=O) groups is 1. The van der Waals surface area contributed by atoms with E-state index in [0.29, 0.717) is 23.0 Å². The fourth-order valence-corrected chi connectivity index (χ4v) is 5.58. The van der Waals surface area contributed by atoms with Crippen LogP contribution in [0.1, 0.15) is 26.3 Å². The zero-order valence-corrected chi connectivity index (χ0v) is 21.5. The highest BCUT2D eigenvalue weighted by Gasteiger charge is 2.18. The van der Waals surface area contributed by atoms with Gasteiger partial charge in [-0.15, -0.1) is 0 Å². The number of nitrogens with one attached hydrogen (secondary N) is 1. The van der Waals surface area contributed by atoms with E-state index < -0.39 is 11.7 Å². The number of carbonyl (C=O) groups excluding carboxylic acids is 1. The van der Waals surface area contributed by atoms with Crippen LogP contribution in [-0.4, -0.2) is 22.2 Å². The molecule has 0 aliphatic heterocycles. The van der Waals surface area contributed by atoms with Crippen molar-refractivity contribution in [3.05, 3.63) is 44.3 Å². The molecule has 0 saturated carbocycles. The first kappa shape index (κ1) is 22.3. The Morgan fingerprint density at radius 1 is 1.21 bits per heavy atom. The Hall–Kier alpha value is -0.350. The smallest absolute Gasteiger partial charge is 0.407 e. The molecule has 0 radical (unpaired) electrons. The molecule has 0 unspecified atom stereocenters. The van der Waals surface area contributed by atoms with Crippen LogP contribution in [0, 0.1) is 0 Å². The number of fused-ring (bicyclic) bond motifs is 3. The summed E-state index contributed by atoms with van der Waals surface area (Å²) in [6, 6.07) is 7.95. The largest absolute Gasteiger partial charge is 0.444 e. The highest BCUT2D eigenvalue weighted by Crippen LogP contribution is 2.41. The van der Waals surface area contributed by atoms with Gasteiger partial charge in [-0.3, -0.25) is 3.97 Å². The molecule has 0 atom stereocenters. The van der Waals surface area contributed by atoms with E-state index in [0.717, 1.165) is 31.8 Å². The lowest BCUT2D eigenvalue weighted by Gasteiger charge is -2.19. The molecule has 9 heteroatoms. The second-order valence-corrected chi connectivity index (χ2v) is 10.7. The Bertz CT molecular complexity index is 1070. The summed E-state index contributed by atoms with van der Waals surface area (Å²) in [6.07, 6.45) is 0.241. The molecule has 2 aromatic carbocycles. The number of aromatic nitrogens is 1. The fraction of sp³-hybridized carbons (Fsp3) is 0.316. The Morgan fingerprint density at radius 2 is 1.89 bits per heavy atom. The molecule has 1 amide bonds. The number of hydrogen-bond acceptors (Lipinski definition) is 3. The van der Waals surface area contributed by atoms with Gasteiger partial charge in [-0.05, 0) is 57.0 Å². The van der Waals surface area contributed by atoms with Gasteiger partial charge in [0, 0.05) is 52.1 Å². The summed E-state index contributed by atoms with van der Waals surface area (Å²) in [7, 11) is 1.57. The summed E-state index contributed by atoms with van der Waals surface area (Å²) < 4.78 is 8.42. The summed E-state index contributed by atoms with van der Waals surface area (Å²) in [4.78, 5) is 11.9. The topological polar surface area (TPSA) is 43.3 Å². The van der Waals surface area contributed by atoms with E-state index in [4.69, 9.17) is 27.9 Å². The van der Waals surface area contributed by atoms with Gasteiger partial charge in [-0.1, -0.05) is 39.1 Å². The molecular formula is C19H18BrCl2IN2O2S. The van der Waals surface area contributed by atoms with Crippen molar-refractivity contribution < 1.29 is 9.53 Å². The van der Waals surface area contributed by atoms with Gasteiger partial charge in [0.15, 0.2) is 0 Å². The molecule has 0 bridgehead atoms. The van der Waals surface area contributed by atoms with Crippen molar-refractivity contribution in [3.8, 4) is 0 Å². The highest BCUT2D eigenvalue weighted by atomic mass is 127. The molecule has 3 aromatic rings. The van der Waals surface area contributed by atoms with Crippen LogP contribution < -0.4 is 5.32 Å². The third kappa shape index (κ3) is 4.86. The van der Waals surface area contributed by atoms with E-state index in [-0.39, 0.29) is 0 Å². The van der Waals surface area contributed by atoms with Gasteiger partial charge in [0.1, 0.15) is 5.60 Å². The Labute approximate surface area is 198 Å². The molecule has 28 heavy (non-hydrogen) atoms. The van der Waals surface area contributed by atoms with Crippen molar-refractivity contribution in [2.45, 2.75) is 32.8 Å². The maximum absolute atomic E-state index is 11.9. The SMILES string of the molecule is CC(C)(C)OC(=O)NCCc1cc(Br)cc2c3cc(Cl)c(Cl)cc3n(SI)c12. The molecule has 0 aliphatic carbocycles. The zero-order valence-electron chi connectivity index (χ0n) is 15.4. The Balaban J connectivity index is 2.00. The maximum atomic E-state index is 11.9. The minimum atomic E-state index is -0.518. The predicted octanol–water partition coefficient (Wildman–Crippen LogP) is 7.78. The van der Waals surface area contributed by atoms with Crippen molar-refractivity contribution in [2.24, 2.45) is 0 Å². The molecule has 3 rings (SSSR count). The standard InChI is InChI=1S/C19H18BrCl2IN2O2S/c1-19(2,3)27-18(26)24-5-4-10-6-11(20)7-13-12-8-14(21)15(22)9-16(12)25(28-23)17(10)13/h6-9H,4-5H2,1-3H3,(H,24,26). The van der Waals surface area contributed by atoms with Crippen LogP contribution >= 0.6 is 69.5 Å². The molecule has 4 nitrogen and oxygen atoms in total. The number of ether oxygens (including phenoxy) is 1. The number of halogens is 4. The van der Waals surface area contributed by atoms with Gasteiger partial charge < -0.3 is 10.1 Å². The van der Waals surface area contributed by atoms with E-state index in [1.54, 1.807) is 9.12 Å². The predicted molar refractivity (Wildman–Crippen MR) is 132 cm³/mol. The summed E-state index contributed by atoms with van der Waals surface area (Å²) in [5, 5.41) is 6.00. The number of rotatable bonds is 4. The molecule has 150 valence electrons. The van der Waals surface area contributed by atoms with Crippen LogP contribution in [0.15, 0.2) is 28.7 Å². The summed E-state index contributed by atoms with van der Waals surface area (Å²) >= 11 is 18.4. The van der Waals surface area contributed by atoms with Gasteiger partial charge in [0.25, 0.3) is 0 Å². The second kappa shape index (κ2) is 8.79. The first-order chi connectivity index (χ1) is 13.1. The third-order valence-electron chi connectivity index (χ3n) is 4.04. The van der Waals surface area contributed by atoms with Gasteiger partial charge >= 0.3 is 6.09 Å². The molecule has 0 saturated heterocycles. The Morgan fingerprint density at radius 3 is 2.54 bits per heavy atom. The van der Waals surface area contributed by atoms with Crippen LogP contribution in [0.3, 0.4) is 0 Å². The van der Waals surface area contributed by atoms with Gasteiger partial charge in [-0.2, -0.15) is 0 Å². The lowest BCUT2D eigenvalue weighted by Crippen LogP contribution is -2.33. The molecule has 1 heterocycles. The second-order valence-electron chi connectivity index (χ2n) is 7.29. The van der Waals surface area contributed by atoms with Crippen molar-refractivity contribution >= 4 is 97.4 Å². The van der Waals surface area contributed by atoms with Crippen LogP contribution in [-0.2, 0) is 11.2 Å². The van der Waals surface area contributed by atoms with Gasteiger partial charge in [0.2, 0.25) is 0 Å². The van der Waals surface area contributed by atoms with Crippen LogP contribution in [0.2, 0.25) is 10.0 Å². The lowest BCUT2D eigenvalue weighted by molar-refractivity contribution is 0.0528. The number of amides is 1. The minimum Gasteiger partial charge on any atom is -0.444 e. The summed E-state index contributed by atoms with van der Waals surface area (Å²) in [5.74, 6) is 0. The molecule has 1 N–H and O–H groups in total. The maximum Gasteiger partial charge on any atom is 0.407 e. The third-order valence-corrected chi connectivity index (χ3v) is 6.91. The lowest BCUT2D eigenvalue weighted by atomic mass is 10.1. The quantitative estimate of drug-likeness (QED) is 0.305. The average molecular weight is 616 g/mol. The summed E-state index contributed by atoms with van der Waals surface area (Å²) in [5.41, 5.74) is 2.67. The molecule has 1 aromatic heterocycles. The van der Waals surface area contributed by atoms with E-state index in [1.807, 2.05) is 32.9 Å². The van der Waals surface area contributed by atoms with Gasteiger partial charge in [-0.25, -0.2) is 4.79 Å². The van der Waals surface area contributed by atoms with Gasteiger partial charge in [0.05, 0.1) is 21.1 Å². The number of hydrogen-bond donors (Lipinski definition) is 1. The molecular weight excluding hydrogens is 598 g/mol. The normalized spacial score (nSPS) is 12.0. The summed E-state index contributed by atoms with van der Waals surface area (Å²) in [6.45, 7) is 6.00. The van der Waals surface area contributed by atoms with Crippen molar-refractivity contribution in [3.63, 3.8) is 0 Å². The highest BCUT2D eigenvalue weighted by molar-refractivity contribution is 14.2. The number of benzene rings is 2. The van der Waals surface area contributed by atoms with Crippen molar-refractivity contribution in [1.82, 2.24) is 9.29 Å². The van der Waals surface area contributed by atoms with Crippen LogP contribution in [0.25, 0.3) is 21.8 Å². The molecule has 0 spiro atoms. The van der Waals surface area contributed by atoms with Crippen molar-refractivity contribution in [1.29, 1.82) is 0 Å². The number of alkyl carbamates (subject to hydrolysis) is 1. The first-order valence-corrected chi connectivity index (χ1v) is 13.3. The van der Waals surface area contributed by atoms with E-state index in [1.165, 1.54) is 0 Å². The Kier molecular flexibility index (Phi) is 7.02. The minimum absolute atomic E-state index is 0.416. The monoisotopic (exact) mass is 614 g/mol. The zero-order chi connectivity index (χ0) is 20.6. The van der Waals surface area contributed by atoms with E-state index in [2.05, 4.69) is 58.6 Å². The van der Waals surface area contributed by atoms with Crippen LogP contribution in [0.5, 0.6) is 0 Å². The average Bonchev–Trinajstić information content (AvgIpc) is 2.86. The van der Waals surface area contributed by atoms with Crippen LogP contribution in [0.4, 0.5) is 4.79 Å². The van der Waals surface area contributed by atoms with Crippen molar-refractivity contribution in [2.75, 3.05) is 6.54 Å². The fourth-order valence-electron chi connectivity index (χ4n) is 3.02. The molecule has 0 aliphatic rings. The number of nitrogens with zero attached hydrogens (tertiary/aromatic N) is 1. The van der Waals surface area contributed by atoms with E-state index in [9.17, 15) is 4.79 Å².